The van der Waals surface area contributed by atoms with Gasteiger partial charge in [-0.1, -0.05) is 71.0 Å². The number of anilines is 3. The third-order valence-corrected chi connectivity index (χ3v) is 12.2. The topological polar surface area (TPSA) is 179 Å². The van der Waals surface area contributed by atoms with Crippen molar-refractivity contribution < 1.29 is 38.2 Å². The summed E-state index contributed by atoms with van der Waals surface area (Å²) < 4.78 is 9.30. The molecule has 62 heavy (non-hydrogen) atoms. The Hall–Kier alpha value is -6.12. The van der Waals surface area contributed by atoms with E-state index in [4.69, 9.17) is 4.74 Å². The summed E-state index contributed by atoms with van der Waals surface area (Å²) >= 11 is 0. The van der Waals surface area contributed by atoms with E-state index in [1.54, 1.807) is 4.90 Å². The smallest absolute Gasteiger partial charge is 0.407 e. The standard InChI is InChI=1S/C47H61N7O8/c1-29(2)41(51-46(60)62-7)44(58)53-27-9-11-39(53)43(57)50-34-20-14-31(15-21-34)37-25-24-36(54(37)35-22-16-32(17-23-35)47(3,4)5)30-12-18-33(19-13-30)49-42(56)38-10-8-26-52(38)40(55)28-48-45(59)61-6/h12-23,29,36-39,41H,8-11,24-28H2,1-7H3,(H,48,59)(H,49,56)(H,50,57)(H,51,60)/t36-,37-,38-,39-,41?/m0/s1. The van der Waals surface area contributed by atoms with Crippen LogP contribution in [-0.2, 0) is 34.1 Å². The first-order valence-electron chi connectivity index (χ1n) is 21.6. The van der Waals surface area contributed by atoms with E-state index >= 15 is 0 Å². The molecule has 0 aliphatic carbocycles. The van der Waals surface area contributed by atoms with E-state index < -0.39 is 30.3 Å². The third-order valence-electron chi connectivity index (χ3n) is 12.2. The van der Waals surface area contributed by atoms with E-state index in [-0.39, 0.29) is 53.6 Å². The van der Waals surface area contributed by atoms with Gasteiger partial charge in [-0.25, -0.2) is 9.59 Å². The van der Waals surface area contributed by atoms with Gasteiger partial charge in [-0.05, 0) is 103 Å². The van der Waals surface area contributed by atoms with Crippen molar-refractivity contribution in [2.24, 2.45) is 5.92 Å². The molecule has 0 saturated carbocycles. The molecule has 0 radical (unpaired) electrons. The highest BCUT2D eigenvalue weighted by Gasteiger charge is 2.40. The lowest BCUT2D eigenvalue weighted by atomic mass is 9.87. The average Bonchev–Trinajstić information content (AvgIpc) is 4.05. The number of alkyl carbamates (subject to hydrolysis) is 2. The van der Waals surface area contributed by atoms with Crippen LogP contribution in [0.2, 0.25) is 0 Å². The van der Waals surface area contributed by atoms with Gasteiger partial charge in [0, 0.05) is 30.2 Å². The number of hydrogen-bond acceptors (Lipinski definition) is 9. The minimum Gasteiger partial charge on any atom is -0.453 e. The second-order valence-corrected chi connectivity index (χ2v) is 17.7. The zero-order chi connectivity index (χ0) is 44.7. The molecule has 15 nitrogen and oxygen atoms in total. The van der Waals surface area contributed by atoms with E-state index in [1.807, 2.05) is 62.4 Å². The number of nitrogens with zero attached hydrogens (tertiary/aromatic N) is 3. The Morgan fingerprint density at radius 1 is 0.661 bits per heavy atom. The van der Waals surface area contributed by atoms with Gasteiger partial charge in [-0.15, -0.1) is 0 Å². The van der Waals surface area contributed by atoms with Crippen LogP contribution in [0.5, 0.6) is 0 Å². The molecule has 1 unspecified atom stereocenters. The fraction of sp³-hybridized carbons (Fsp3) is 0.489. The van der Waals surface area contributed by atoms with Crippen LogP contribution < -0.4 is 26.2 Å². The van der Waals surface area contributed by atoms with Crippen LogP contribution in [0.1, 0.15) is 102 Å². The highest BCUT2D eigenvalue weighted by molar-refractivity contribution is 5.99. The molecule has 3 aromatic rings. The Labute approximate surface area is 364 Å². The average molecular weight is 852 g/mol. The first-order valence-corrected chi connectivity index (χ1v) is 21.6. The number of likely N-dealkylation sites (tertiary alicyclic amines) is 2. The predicted molar refractivity (Wildman–Crippen MR) is 237 cm³/mol. The molecule has 3 fully saturated rings. The molecule has 0 aromatic heterocycles. The van der Waals surface area contributed by atoms with Crippen LogP contribution >= 0.6 is 0 Å². The molecule has 15 heteroatoms. The number of benzene rings is 3. The summed E-state index contributed by atoms with van der Waals surface area (Å²) in [5, 5.41) is 11.1. The Balaban J connectivity index is 1.16. The minimum atomic E-state index is -0.812. The molecule has 3 heterocycles. The van der Waals surface area contributed by atoms with Gasteiger partial charge in [0.2, 0.25) is 23.6 Å². The van der Waals surface area contributed by atoms with Crippen LogP contribution in [0.4, 0.5) is 26.7 Å². The van der Waals surface area contributed by atoms with Crippen molar-refractivity contribution in [1.82, 2.24) is 20.4 Å². The third kappa shape index (κ3) is 10.5. The maximum absolute atomic E-state index is 13.6. The number of methoxy groups -OCH3 is 2. The van der Waals surface area contributed by atoms with Crippen molar-refractivity contribution >= 4 is 52.9 Å². The molecule has 6 rings (SSSR count). The van der Waals surface area contributed by atoms with E-state index in [9.17, 15) is 28.8 Å². The monoisotopic (exact) mass is 851 g/mol. The number of carbonyl (C=O) groups excluding carboxylic acids is 6. The lowest BCUT2D eigenvalue weighted by Gasteiger charge is -2.34. The molecule has 0 spiro atoms. The molecule has 332 valence electrons. The zero-order valence-electron chi connectivity index (χ0n) is 36.9. The van der Waals surface area contributed by atoms with Gasteiger partial charge < -0.3 is 45.4 Å². The fourth-order valence-corrected chi connectivity index (χ4v) is 8.83. The maximum atomic E-state index is 13.6. The second-order valence-electron chi connectivity index (χ2n) is 17.7. The van der Waals surface area contributed by atoms with Gasteiger partial charge in [0.05, 0.1) is 26.3 Å². The fourth-order valence-electron chi connectivity index (χ4n) is 8.83. The quantitative estimate of drug-likeness (QED) is 0.155. The summed E-state index contributed by atoms with van der Waals surface area (Å²) in [5.41, 5.74) is 5.75. The first-order chi connectivity index (χ1) is 29.6. The van der Waals surface area contributed by atoms with Crippen molar-refractivity contribution in [2.45, 2.75) is 109 Å². The Morgan fingerprint density at radius 3 is 1.61 bits per heavy atom. The number of amides is 6. The minimum absolute atomic E-state index is 0.00939. The van der Waals surface area contributed by atoms with Gasteiger partial charge in [0.25, 0.3) is 0 Å². The molecule has 3 aromatic carbocycles. The second kappa shape index (κ2) is 19.7. The SMILES string of the molecule is COC(=O)NCC(=O)N1CCC[C@H]1C(=O)Nc1ccc([C@@H]2CC[C@@H](c3ccc(NC(=O)[C@@H]4CCCN4C(=O)C(NC(=O)OC)C(C)C)cc3)N2c2ccc(C(C)(C)C)cc2)cc1. The number of carbonyl (C=O) groups is 6. The van der Waals surface area contributed by atoms with E-state index in [2.05, 4.69) is 75.9 Å². The van der Waals surface area contributed by atoms with Crippen LogP contribution in [0.15, 0.2) is 72.8 Å². The number of ether oxygens (including phenoxy) is 2. The molecule has 6 amide bonds. The highest BCUT2D eigenvalue weighted by atomic mass is 16.5. The molecule has 3 aliphatic rings. The van der Waals surface area contributed by atoms with Crippen LogP contribution in [0, 0.1) is 5.92 Å². The summed E-state index contributed by atoms with van der Waals surface area (Å²) in [5.74, 6) is -1.39. The molecule has 3 aliphatic heterocycles. The number of rotatable bonds is 12. The first kappa shape index (κ1) is 45.4. The Kier molecular flexibility index (Phi) is 14.4. The van der Waals surface area contributed by atoms with Crippen molar-refractivity contribution in [1.29, 1.82) is 0 Å². The van der Waals surface area contributed by atoms with Crippen molar-refractivity contribution in [3.8, 4) is 0 Å². The van der Waals surface area contributed by atoms with E-state index in [1.165, 1.54) is 24.7 Å². The number of hydrogen-bond donors (Lipinski definition) is 4. The van der Waals surface area contributed by atoms with Gasteiger partial charge in [0.1, 0.15) is 24.7 Å². The van der Waals surface area contributed by atoms with E-state index in [0.717, 1.165) is 29.7 Å². The number of nitrogens with one attached hydrogen (secondary N) is 4. The van der Waals surface area contributed by atoms with Gasteiger partial charge in [-0.3, -0.25) is 19.2 Å². The van der Waals surface area contributed by atoms with Crippen molar-refractivity contribution in [2.75, 3.05) is 49.4 Å². The van der Waals surface area contributed by atoms with Crippen LogP contribution in [0.25, 0.3) is 0 Å². The lowest BCUT2D eigenvalue weighted by molar-refractivity contribution is -0.139. The molecule has 3 saturated heterocycles. The normalized spacial score (nSPS) is 20.4. The molecular formula is C47H61N7O8. The Bertz CT molecular complexity index is 2080. The summed E-state index contributed by atoms with van der Waals surface area (Å²) in [6.45, 7) is 10.9. The molecular weight excluding hydrogens is 791 g/mol. The van der Waals surface area contributed by atoms with Crippen LogP contribution in [0.3, 0.4) is 0 Å². The largest absolute Gasteiger partial charge is 0.453 e. The molecule has 5 atom stereocenters. The van der Waals surface area contributed by atoms with Gasteiger partial charge in [0.15, 0.2) is 0 Å². The Morgan fingerprint density at radius 2 is 1.15 bits per heavy atom. The van der Waals surface area contributed by atoms with Crippen LogP contribution in [-0.4, -0.2) is 97.6 Å². The molecule has 0 bridgehead atoms. The summed E-state index contributed by atoms with van der Waals surface area (Å²) in [6.07, 6.45) is 2.78. The predicted octanol–water partition coefficient (Wildman–Crippen LogP) is 6.66. The van der Waals surface area contributed by atoms with Crippen molar-refractivity contribution in [3.05, 3.63) is 89.5 Å². The van der Waals surface area contributed by atoms with Gasteiger partial charge >= 0.3 is 12.2 Å². The summed E-state index contributed by atoms with van der Waals surface area (Å²) in [4.78, 5) is 82.4. The van der Waals surface area contributed by atoms with Gasteiger partial charge in [-0.2, -0.15) is 0 Å². The van der Waals surface area contributed by atoms with Crippen molar-refractivity contribution in [3.63, 3.8) is 0 Å². The summed E-state index contributed by atoms with van der Waals surface area (Å²) in [7, 11) is 2.48. The summed E-state index contributed by atoms with van der Waals surface area (Å²) in [6, 6.07) is 22.5. The lowest BCUT2D eigenvalue weighted by Crippen LogP contribution is -2.54. The zero-order valence-corrected chi connectivity index (χ0v) is 36.9. The maximum Gasteiger partial charge on any atom is 0.407 e. The van der Waals surface area contributed by atoms with E-state index in [0.29, 0.717) is 50.1 Å². The molecule has 4 N–H and O–H groups in total. The highest BCUT2D eigenvalue weighted by Crippen LogP contribution is 2.47.